The standard InChI is InChI=1S/C21H26ClN3O/c1-24(15-18-7-9-19(22)10-8-18)21(26)23-20-11-13-25(14-12-20)16-17-5-3-2-4-6-17/h2-10,20H,11-16H2,1H3,(H,23,26). The van der Waals surface area contributed by atoms with E-state index in [0.717, 1.165) is 38.0 Å². The molecule has 0 aromatic heterocycles. The van der Waals surface area contributed by atoms with Gasteiger partial charge in [-0.05, 0) is 36.1 Å². The average molecular weight is 372 g/mol. The Balaban J connectivity index is 1.42. The lowest BCUT2D eigenvalue weighted by Gasteiger charge is -2.33. The summed E-state index contributed by atoms with van der Waals surface area (Å²) in [6.45, 7) is 3.59. The molecule has 26 heavy (non-hydrogen) atoms. The summed E-state index contributed by atoms with van der Waals surface area (Å²) in [6, 6.07) is 18.4. The van der Waals surface area contributed by atoms with E-state index in [1.807, 2.05) is 37.4 Å². The molecule has 0 spiro atoms. The van der Waals surface area contributed by atoms with Crippen molar-refractivity contribution in [3.63, 3.8) is 0 Å². The zero-order valence-corrected chi connectivity index (χ0v) is 16.0. The first-order valence-corrected chi connectivity index (χ1v) is 9.50. The van der Waals surface area contributed by atoms with Gasteiger partial charge in [0, 0.05) is 44.3 Å². The highest BCUT2D eigenvalue weighted by atomic mass is 35.5. The summed E-state index contributed by atoms with van der Waals surface area (Å²) in [6.07, 6.45) is 1.99. The molecule has 0 bridgehead atoms. The minimum Gasteiger partial charge on any atom is -0.335 e. The number of rotatable bonds is 5. The van der Waals surface area contributed by atoms with Gasteiger partial charge in [0.25, 0.3) is 0 Å². The molecule has 5 heteroatoms. The third kappa shape index (κ3) is 5.48. The molecular formula is C21H26ClN3O. The average Bonchev–Trinajstić information content (AvgIpc) is 2.66. The summed E-state index contributed by atoms with van der Waals surface area (Å²) in [5, 5.41) is 3.88. The van der Waals surface area contributed by atoms with Gasteiger partial charge < -0.3 is 10.2 Å². The molecule has 1 fully saturated rings. The number of nitrogens with zero attached hydrogens (tertiary/aromatic N) is 2. The highest BCUT2D eigenvalue weighted by Crippen LogP contribution is 2.15. The Morgan fingerprint density at radius 1 is 1.08 bits per heavy atom. The van der Waals surface area contributed by atoms with Crippen LogP contribution in [0.25, 0.3) is 0 Å². The molecule has 138 valence electrons. The molecule has 0 unspecified atom stereocenters. The fraction of sp³-hybridized carbons (Fsp3) is 0.381. The smallest absolute Gasteiger partial charge is 0.317 e. The first-order valence-electron chi connectivity index (χ1n) is 9.12. The van der Waals surface area contributed by atoms with Crippen molar-refractivity contribution in [1.82, 2.24) is 15.1 Å². The number of hydrogen-bond donors (Lipinski definition) is 1. The Kier molecular flexibility index (Phi) is 6.53. The van der Waals surface area contributed by atoms with Gasteiger partial charge in [-0.3, -0.25) is 4.90 Å². The summed E-state index contributed by atoms with van der Waals surface area (Å²) in [4.78, 5) is 16.6. The van der Waals surface area contributed by atoms with Crippen molar-refractivity contribution in [2.24, 2.45) is 0 Å². The maximum atomic E-state index is 12.4. The lowest BCUT2D eigenvalue weighted by Crippen LogP contribution is -2.48. The first kappa shape index (κ1) is 18.7. The van der Waals surface area contributed by atoms with Crippen LogP contribution in [0.5, 0.6) is 0 Å². The number of carbonyl (C=O) groups excluding carboxylic acids is 1. The molecule has 3 rings (SSSR count). The van der Waals surface area contributed by atoms with Crippen molar-refractivity contribution in [1.29, 1.82) is 0 Å². The fourth-order valence-corrected chi connectivity index (χ4v) is 3.42. The lowest BCUT2D eigenvalue weighted by atomic mass is 10.0. The molecule has 0 saturated carbocycles. The van der Waals surface area contributed by atoms with Crippen LogP contribution in [0, 0.1) is 0 Å². The number of likely N-dealkylation sites (tertiary alicyclic amines) is 1. The highest BCUT2D eigenvalue weighted by molar-refractivity contribution is 6.30. The normalized spacial score (nSPS) is 15.6. The van der Waals surface area contributed by atoms with Crippen LogP contribution in [0.3, 0.4) is 0 Å². The Labute approximate surface area is 160 Å². The number of nitrogens with one attached hydrogen (secondary N) is 1. The molecule has 0 atom stereocenters. The van der Waals surface area contributed by atoms with Crippen LogP contribution in [0.15, 0.2) is 54.6 Å². The van der Waals surface area contributed by atoms with Crippen LogP contribution in [0.4, 0.5) is 4.79 Å². The van der Waals surface area contributed by atoms with Crippen LogP contribution in [-0.2, 0) is 13.1 Å². The third-order valence-corrected chi connectivity index (χ3v) is 5.10. The Morgan fingerprint density at radius 3 is 2.38 bits per heavy atom. The molecule has 1 saturated heterocycles. The number of hydrogen-bond acceptors (Lipinski definition) is 2. The van der Waals surface area contributed by atoms with Crippen LogP contribution in [0.1, 0.15) is 24.0 Å². The number of carbonyl (C=O) groups is 1. The largest absolute Gasteiger partial charge is 0.335 e. The number of urea groups is 1. The first-order chi connectivity index (χ1) is 12.6. The molecule has 0 aliphatic carbocycles. The van der Waals surface area contributed by atoms with Crippen LogP contribution >= 0.6 is 11.6 Å². The summed E-state index contributed by atoms with van der Waals surface area (Å²) in [7, 11) is 1.83. The molecule has 2 amide bonds. The van der Waals surface area contributed by atoms with Crippen LogP contribution in [-0.4, -0.2) is 42.0 Å². The van der Waals surface area contributed by atoms with Gasteiger partial charge in [0.1, 0.15) is 0 Å². The van der Waals surface area contributed by atoms with Gasteiger partial charge in [-0.15, -0.1) is 0 Å². The molecule has 0 radical (unpaired) electrons. The second-order valence-electron chi connectivity index (χ2n) is 6.97. The number of halogens is 1. The van der Waals surface area contributed by atoms with Crippen molar-refractivity contribution in [3.8, 4) is 0 Å². The number of benzene rings is 2. The SMILES string of the molecule is CN(Cc1ccc(Cl)cc1)C(=O)NC1CCN(Cc2ccccc2)CC1. The Bertz CT molecular complexity index is 697. The second kappa shape index (κ2) is 9.06. The minimum atomic E-state index is -0.0125. The van der Waals surface area contributed by atoms with Crippen LogP contribution < -0.4 is 5.32 Å². The Morgan fingerprint density at radius 2 is 1.73 bits per heavy atom. The van der Waals surface area contributed by atoms with E-state index in [4.69, 9.17) is 11.6 Å². The van der Waals surface area contributed by atoms with Crippen molar-refractivity contribution in [2.75, 3.05) is 20.1 Å². The number of piperidine rings is 1. The third-order valence-electron chi connectivity index (χ3n) is 4.84. The van der Waals surface area contributed by atoms with Crippen molar-refractivity contribution in [2.45, 2.75) is 32.0 Å². The topological polar surface area (TPSA) is 35.6 Å². The van der Waals surface area contributed by atoms with Gasteiger partial charge in [-0.25, -0.2) is 4.79 Å². The van der Waals surface area contributed by atoms with Gasteiger partial charge in [0.2, 0.25) is 0 Å². The molecule has 1 heterocycles. The van der Waals surface area contributed by atoms with E-state index < -0.39 is 0 Å². The van der Waals surface area contributed by atoms with Crippen molar-refractivity contribution < 1.29 is 4.79 Å². The summed E-state index contributed by atoms with van der Waals surface area (Å²) in [5.74, 6) is 0. The molecule has 2 aromatic rings. The Hall–Kier alpha value is -2.04. The molecule has 1 aliphatic heterocycles. The van der Waals surface area contributed by atoms with Crippen molar-refractivity contribution >= 4 is 17.6 Å². The van der Waals surface area contributed by atoms with Gasteiger partial charge >= 0.3 is 6.03 Å². The number of amides is 2. The fourth-order valence-electron chi connectivity index (χ4n) is 3.30. The molecule has 1 aliphatic rings. The monoisotopic (exact) mass is 371 g/mol. The van der Waals surface area contributed by atoms with Gasteiger partial charge in [-0.1, -0.05) is 54.1 Å². The zero-order chi connectivity index (χ0) is 18.4. The van der Waals surface area contributed by atoms with E-state index in [2.05, 4.69) is 34.5 Å². The molecule has 4 nitrogen and oxygen atoms in total. The van der Waals surface area contributed by atoms with Crippen LogP contribution in [0.2, 0.25) is 5.02 Å². The maximum Gasteiger partial charge on any atom is 0.317 e. The maximum absolute atomic E-state index is 12.4. The quantitative estimate of drug-likeness (QED) is 0.857. The lowest BCUT2D eigenvalue weighted by molar-refractivity contribution is 0.173. The molecule has 2 aromatic carbocycles. The van der Waals surface area contributed by atoms with Gasteiger partial charge in [0.05, 0.1) is 0 Å². The van der Waals surface area contributed by atoms with Crippen molar-refractivity contribution in [3.05, 3.63) is 70.7 Å². The van der Waals surface area contributed by atoms with E-state index in [1.165, 1.54) is 5.56 Å². The second-order valence-corrected chi connectivity index (χ2v) is 7.40. The van der Waals surface area contributed by atoms with E-state index >= 15 is 0 Å². The van der Waals surface area contributed by atoms with Gasteiger partial charge in [-0.2, -0.15) is 0 Å². The highest BCUT2D eigenvalue weighted by Gasteiger charge is 2.22. The van der Waals surface area contributed by atoms with E-state index in [1.54, 1.807) is 4.90 Å². The zero-order valence-electron chi connectivity index (χ0n) is 15.2. The van der Waals surface area contributed by atoms with E-state index in [9.17, 15) is 4.79 Å². The predicted molar refractivity (Wildman–Crippen MR) is 106 cm³/mol. The molecule has 1 N–H and O–H groups in total. The summed E-state index contributed by atoms with van der Waals surface area (Å²) in [5.41, 5.74) is 2.42. The van der Waals surface area contributed by atoms with E-state index in [-0.39, 0.29) is 12.1 Å². The van der Waals surface area contributed by atoms with E-state index in [0.29, 0.717) is 11.6 Å². The predicted octanol–water partition coefficient (Wildman–Crippen LogP) is 4.15. The minimum absolute atomic E-state index is 0.0125. The summed E-state index contributed by atoms with van der Waals surface area (Å²) < 4.78 is 0. The summed E-state index contributed by atoms with van der Waals surface area (Å²) >= 11 is 5.91. The van der Waals surface area contributed by atoms with Gasteiger partial charge in [0.15, 0.2) is 0 Å². The molecular weight excluding hydrogens is 346 g/mol.